The zero-order chi connectivity index (χ0) is 19.9. The van der Waals surface area contributed by atoms with Crippen molar-refractivity contribution in [2.45, 2.75) is 58.5 Å². The van der Waals surface area contributed by atoms with E-state index in [4.69, 9.17) is 9.05 Å². The average Bonchev–Trinajstić information content (AvgIpc) is 2.63. The number of carbonyl (C=O) groups is 2. The number of nitrogens with one attached hydrogen (secondary N) is 1. The molecule has 2 rings (SSSR count). The summed E-state index contributed by atoms with van der Waals surface area (Å²) in [6, 6.07) is 6.84. The van der Waals surface area contributed by atoms with Crippen molar-refractivity contribution in [2.24, 2.45) is 5.92 Å². The number of anilines is 1. The van der Waals surface area contributed by atoms with Crippen LogP contribution in [0.15, 0.2) is 24.3 Å². The highest BCUT2D eigenvalue weighted by molar-refractivity contribution is 7.55. The molecule has 0 spiro atoms. The Hall–Kier alpha value is -1.49. The van der Waals surface area contributed by atoms with Crippen LogP contribution in [0.1, 0.15) is 63.2 Å². The molecule has 6 nitrogen and oxygen atoms in total. The fourth-order valence-corrected chi connectivity index (χ4v) is 6.01. The maximum atomic E-state index is 13.5. The lowest BCUT2D eigenvalue weighted by Crippen LogP contribution is -2.37. The topological polar surface area (TPSA) is 81.7 Å². The minimum atomic E-state index is -3.63. The maximum Gasteiger partial charge on any atom is 0.343 e. The largest absolute Gasteiger partial charge is 0.343 e. The fraction of sp³-hybridized carbons (Fsp3) is 0.600. The van der Waals surface area contributed by atoms with Crippen molar-refractivity contribution in [3.8, 4) is 0 Å². The molecule has 0 heterocycles. The predicted molar refractivity (Wildman–Crippen MR) is 106 cm³/mol. The molecular weight excluding hydrogens is 365 g/mol. The van der Waals surface area contributed by atoms with Crippen LogP contribution < -0.4 is 5.32 Å². The molecule has 1 aliphatic carbocycles. The Morgan fingerprint density at radius 3 is 2.26 bits per heavy atom. The van der Waals surface area contributed by atoms with Crippen LogP contribution in [0.5, 0.6) is 0 Å². The molecule has 0 saturated heterocycles. The molecule has 1 fully saturated rings. The van der Waals surface area contributed by atoms with Crippen molar-refractivity contribution >= 4 is 25.0 Å². The van der Waals surface area contributed by atoms with E-state index in [1.54, 1.807) is 38.1 Å². The third kappa shape index (κ3) is 5.50. The van der Waals surface area contributed by atoms with Crippen molar-refractivity contribution < 1.29 is 23.2 Å². The number of carbonyl (C=O) groups excluding carboxylic acids is 2. The highest BCUT2D eigenvalue weighted by atomic mass is 31.2. The lowest BCUT2D eigenvalue weighted by atomic mass is 9.86. The van der Waals surface area contributed by atoms with Crippen molar-refractivity contribution in [1.29, 1.82) is 0 Å². The molecular formula is C20H30NO5P. The first-order chi connectivity index (χ1) is 12.9. The molecule has 0 radical (unpaired) electrons. The number of Topliss-reactive ketones (excluding diaryl/α,β-unsaturated/α-hetero) is 1. The molecule has 150 valence electrons. The third-order valence-corrected chi connectivity index (χ3v) is 7.46. The molecule has 1 aromatic carbocycles. The molecule has 1 aromatic rings. The van der Waals surface area contributed by atoms with E-state index in [-0.39, 0.29) is 24.9 Å². The van der Waals surface area contributed by atoms with Gasteiger partial charge in [-0.25, -0.2) is 0 Å². The predicted octanol–water partition coefficient (Wildman–Crippen LogP) is 5.04. The van der Waals surface area contributed by atoms with Crippen LogP contribution >= 0.6 is 7.60 Å². The SMILES string of the molecule is CCOP(=O)(OCC)C(C(=O)Nc1ccccc1C(C)=O)C1CCCCC1. The van der Waals surface area contributed by atoms with E-state index >= 15 is 0 Å². The molecule has 1 saturated carbocycles. The van der Waals surface area contributed by atoms with Gasteiger partial charge in [-0.2, -0.15) is 0 Å². The Morgan fingerprint density at radius 1 is 1.11 bits per heavy atom. The summed E-state index contributed by atoms with van der Waals surface area (Å²) < 4.78 is 24.5. The number of para-hydroxylation sites is 1. The number of ketones is 1. The zero-order valence-corrected chi connectivity index (χ0v) is 17.3. The van der Waals surface area contributed by atoms with Gasteiger partial charge in [0.15, 0.2) is 5.78 Å². The van der Waals surface area contributed by atoms with Crippen molar-refractivity contribution in [3.05, 3.63) is 29.8 Å². The minimum Gasteiger partial charge on any atom is -0.325 e. The summed E-state index contributed by atoms with van der Waals surface area (Å²) in [5, 5.41) is 2.82. The van der Waals surface area contributed by atoms with E-state index in [2.05, 4.69) is 5.32 Å². The standard InChI is InChI=1S/C20H30NO5P/c1-4-25-27(24,26-5-2)19(16-11-7-6-8-12-16)20(23)21-18-14-10-9-13-17(18)15(3)22/h9-10,13-14,16,19H,4-8,11-12H2,1-3H3,(H,21,23). The Kier molecular flexibility index (Phi) is 8.21. The molecule has 0 aromatic heterocycles. The highest BCUT2D eigenvalue weighted by Gasteiger charge is 2.46. The lowest BCUT2D eigenvalue weighted by molar-refractivity contribution is -0.117. The molecule has 1 aliphatic rings. The molecule has 1 atom stereocenters. The van der Waals surface area contributed by atoms with Crippen LogP contribution in [0, 0.1) is 5.92 Å². The van der Waals surface area contributed by atoms with Crippen LogP contribution in [-0.2, 0) is 18.4 Å². The quantitative estimate of drug-likeness (QED) is 0.468. The zero-order valence-electron chi connectivity index (χ0n) is 16.4. The number of hydrogen-bond acceptors (Lipinski definition) is 5. The Morgan fingerprint density at radius 2 is 1.70 bits per heavy atom. The Balaban J connectivity index is 2.36. The first-order valence-electron chi connectivity index (χ1n) is 9.72. The smallest absolute Gasteiger partial charge is 0.325 e. The summed E-state index contributed by atoms with van der Waals surface area (Å²) in [7, 11) is -3.63. The molecule has 0 bridgehead atoms. The van der Waals surface area contributed by atoms with Crippen LogP contribution in [0.3, 0.4) is 0 Å². The summed E-state index contributed by atoms with van der Waals surface area (Å²) in [6.45, 7) is 5.35. The molecule has 27 heavy (non-hydrogen) atoms. The monoisotopic (exact) mass is 395 g/mol. The molecule has 0 aliphatic heterocycles. The second-order valence-corrected chi connectivity index (χ2v) is 8.96. The van der Waals surface area contributed by atoms with Crippen molar-refractivity contribution in [1.82, 2.24) is 0 Å². The van der Waals surface area contributed by atoms with E-state index in [1.165, 1.54) is 6.92 Å². The van der Waals surface area contributed by atoms with Gasteiger partial charge in [-0.1, -0.05) is 31.4 Å². The van der Waals surface area contributed by atoms with Crippen LogP contribution in [-0.4, -0.2) is 30.6 Å². The van der Waals surface area contributed by atoms with Crippen LogP contribution in [0.25, 0.3) is 0 Å². The van der Waals surface area contributed by atoms with E-state index < -0.39 is 19.2 Å². The molecule has 1 amide bonds. The summed E-state index contributed by atoms with van der Waals surface area (Å²) in [4.78, 5) is 25.1. The van der Waals surface area contributed by atoms with E-state index in [0.717, 1.165) is 32.1 Å². The second-order valence-electron chi connectivity index (χ2n) is 6.81. The lowest BCUT2D eigenvalue weighted by Gasteiger charge is -2.33. The minimum absolute atomic E-state index is 0.0628. The molecule has 7 heteroatoms. The van der Waals surface area contributed by atoms with Crippen LogP contribution in [0.2, 0.25) is 0 Å². The van der Waals surface area contributed by atoms with E-state index in [0.29, 0.717) is 11.3 Å². The number of rotatable bonds is 9. The third-order valence-electron chi connectivity index (χ3n) is 4.89. The maximum absolute atomic E-state index is 13.5. The van der Waals surface area contributed by atoms with Gasteiger partial charge in [-0.15, -0.1) is 0 Å². The number of amides is 1. The van der Waals surface area contributed by atoms with Crippen molar-refractivity contribution in [2.75, 3.05) is 18.5 Å². The summed E-state index contributed by atoms with van der Waals surface area (Å²) >= 11 is 0. The highest BCUT2D eigenvalue weighted by Crippen LogP contribution is 2.57. The molecule has 1 unspecified atom stereocenters. The van der Waals surface area contributed by atoms with Gasteiger partial charge in [-0.3, -0.25) is 14.2 Å². The van der Waals surface area contributed by atoms with E-state index in [9.17, 15) is 14.2 Å². The van der Waals surface area contributed by atoms with Gasteiger partial charge in [0.1, 0.15) is 5.66 Å². The van der Waals surface area contributed by atoms with Gasteiger partial charge in [0.05, 0.1) is 18.9 Å². The van der Waals surface area contributed by atoms with Gasteiger partial charge in [0.25, 0.3) is 0 Å². The van der Waals surface area contributed by atoms with Crippen molar-refractivity contribution in [3.63, 3.8) is 0 Å². The first kappa shape index (κ1) is 21.8. The summed E-state index contributed by atoms with van der Waals surface area (Å²) in [5.74, 6) is -0.606. The summed E-state index contributed by atoms with van der Waals surface area (Å²) in [5.41, 5.74) is -0.0241. The molecule has 1 N–H and O–H groups in total. The fourth-order valence-electron chi connectivity index (χ4n) is 3.73. The number of hydrogen-bond donors (Lipinski definition) is 1. The Labute approximate surface area is 161 Å². The Bertz CT molecular complexity index is 689. The van der Waals surface area contributed by atoms with Crippen LogP contribution in [0.4, 0.5) is 5.69 Å². The number of benzene rings is 1. The summed E-state index contributed by atoms with van der Waals surface area (Å²) in [6.07, 6.45) is 4.74. The first-order valence-corrected chi connectivity index (χ1v) is 11.3. The van der Waals surface area contributed by atoms with Gasteiger partial charge in [0.2, 0.25) is 5.91 Å². The van der Waals surface area contributed by atoms with E-state index in [1.807, 2.05) is 0 Å². The van der Waals surface area contributed by atoms with Gasteiger partial charge in [-0.05, 0) is 51.7 Å². The van der Waals surface area contributed by atoms with Gasteiger partial charge >= 0.3 is 7.60 Å². The average molecular weight is 395 g/mol. The van der Waals surface area contributed by atoms with Gasteiger partial charge < -0.3 is 14.4 Å². The van der Waals surface area contributed by atoms with Gasteiger partial charge in [0, 0.05) is 5.56 Å². The normalized spacial score (nSPS) is 16.7. The second kappa shape index (κ2) is 10.2.